The number of rotatable bonds is 4. The number of nitrogens with zero attached hydrogens (tertiary/aromatic N) is 2. The van der Waals surface area contributed by atoms with Gasteiger partial charge in [-0.05, 0) is 19.9 Å². The van der Waals surface area contributed by atoms with Crippen molar-refractivity contribution in [1.82, 2.24) is 9.78 Å². The van der Waals surface area contributed by atoms with Crippen molar-refractivity contribution in [3.63, 3.8) is 0 Å². The highest BCUT2D eigenvalue weighted by Gasteiger charge is 2.21. The minimum Gasteiger partial charge on any atom is -0.496 e. The molecular weight excluding hydrogens is 270 g/mol. The van der Waals surface area contributed by atoms with Crippen LogP contribution in [0, 0.1) is 0 Å². The fourth-order valence-electron chi connectivity index (χ4n) is 1.79. The van der Waals surface area contributed by atoms with Gasteiger partial charge >= 0.3 is 0 Å². The molecule has 0 saturated heterocycles. The van der Waals surface area contributed by atoms with E-state index in [2.05, 4.69) is 18.9 Å². The van der Waals surface area contributed by atoms with Crippen molar-refractivity contribution in [2.75, 3.05) is 7.11 Å². The second kappa shape index (κ2) is 5.30. The van der Waals surface area contributed by atoms with Crippen LogP contribution in [0.4, 0.5) is 0 Å². The standard InChI is InChI=1S/C12H16ClN3OS/c1-7(2)16-12(9(13)5-15-16)11(14)10-4-8(17-3)6-18-10/h4-7,11H,14H2,1-3H3. The molecule has 0 radical (unpaired) electrons. The third kappa shape index (κ3) is 2.39. The average molecular weight is 286 g/mol. The largest absolute Gasteiger partial charge is 0.496 e. The van der Waals surface area contributed by atoms with Gasteiger partial charge in [-0.15, -0.1) is 11.3 Å². The molecule has 1 unspecified atom stereocenters. The van der Waals surface area contributed by atoms with E-state index in [1.54, 1.807) is 24.6 Å². The fraction of sp³-hybridized carbons (Fsp3) is 0.417. The van der Waals surface area contributed by atoms with Crippen LogP contribution in [0.2, 0.25) is 5.02 Å². The van der Waals surface area contributed by atoms with Crippen LogP contribution in [-0.4, -0.2) is 16.9 Å². The molecule has 0 bridgehead atoms. The van der Waals surface area contributed by atoms with E-state index in [1.807, 2.05) is 16.1 Å². The molecule has 0 fully saturated rings. The summed E-state index contributed by atoms with van der Waals surface area (Å²) in [6.45, 7) is 4.10. The summed E-state index contributed by atoms with van der Waals surface area (Å²) in [7, 11) is 1.64. The molecule has 0 aliphatic rings. The Kier molecular flexibility index (Phi) is 3.94. The van der Waals surface area contributed by atoms with Crippen LogP contribution in [0.1, 0.15) is 36.5 Å². The first-order chi connectivity index (χ1) is 8.54. The molecule has 1 atom stereocenters. The maximum atomic E-state index is 6.28. The van der Waals surface area contributed by atoms with E-state index >= 15 is 0 Å². The first-order valence-corrected chi connectivity index (χ1v) is 6.91. The Hall–Kier alpha value is -1.04. The van der Waals surface area contributed by atoms with E-state index in [0.717, 1.165) is 16.3 Å². The molecule has 0 amide bonds. The molecule has 0 saturated carbocycles. The highest BCUT2D eigenvalue weighted by Crippen LogP contribution is 2.33. The molecule has 0 spiro atoms. The number of hydrogen-bond acceptors (Lipinski definition) is 4. The molecule has 18 heavy (non-hydrogen) atoms. The van der Waals surface area contributed by atoms with Crippen molar-refractivity contribution >= 4 is 22.9 Å². The zero-order chi connectivity index (χ0) is 13.3. The topological polar surface area (TPSA) is 53.1 Å². The van der Waals surface area contributed by atoms with Crippen molar-refractivity contribution in [2.24, 2.45) is 5.73 Å². The lowest BCUT2D eigenvalue weighted by atomic mass is 10.1. The Morgan fingerprint density at radius 2 is 2.22 bits per heavy atom. The zero-order valence-corrected chi connectivity index (χ0v) is 12.1. The average Bonchev–Trinajstić information content (AvgIpc) is 2.94. The number of thiophene rings is 1. The normalized spacial score (nSPS) is 13.0. The summed E-state index contributed by atoms with van der Waals surface area (Å²) in [4.78, 5) is 1.01. The number of aromatic nitrogens is 2. The summed E-state index contributed by atoms with van der Waals surface area (Å²) in [6, 6.07) is 1.88. The summed E-state index contributed by atoms with van der Waals surface area (Å²) >= 11 is 7.74. The van der Waals surface area contributed by atoms with Crippen molar-refractivity contribution in [3.8, 4) is 5.75 Å². The Morgan fingerprint density at radius 1 is 1.50 bits per heavy atom. The predicted octanol–water partition coefficient (Wildman–Crippen LogP) is 3.24. The first kappa shape index (κ1) is 13.4. The molecule has 0 aliphatic heterocycles. The molecule has 2 N–H and O–H groups in total. The van der Waals surface area contributed by atoms with Crippen molar-refractivity contribution in [1.29, 1.82) is 0 Å². The second-order valence-electron chi connectivity index (χ2n) is 4.28. The van der Waals surface area contributed by atoms with Gasteiger partial charge in [-0.2, -0.15) is 5.10 Å². The maximum Gasteiger partial charge on any atom is 0.129 e. The Morgan fingerprint density at radius 3 is 2.78 bits per heavy atom. The van der Waals surface area contributed by atoms with Gasteiger partial charge in [0.05, 0.1) is 30.1 Å². The molecule has 0 aromatic carbocycles. The zero-order valence-electron chi connectivity index (χ0n) is 10.6. The minimum atomic E-state index is -0.281. The van der Waals surface area contributed by atoms with Gasteiger partial charge in [0, 0.05) is 16.3 Å². The summed E-state index contributed by atoms with van der Waals surface area (Å²) in [6.07, 6.45) is 1.64. The predicted molar refractivity (Wildman–Crippen MR) is 74.5 cm³/mol. The van der Waals surface area contributed by atoms with Gasteiger partial charge in [0.15, 0.2) is 0 Å². The monoisotopic (exact) mass is 285 g/mol. The number of halogens is 1. The molecule has 6 heteroatoms. The Balaban J connectivity index is 2.38. The van der Waals surface area contributed by atoms with Gasteiger partial charge < -0.3 is 10.5 Å². The molecule has 2 rings (SSSR count). The van der Waals surface area contributed by atoms with E-state index in [4.69, 9.17) is 22.1 Å². The molecule has 2 aromatic heterocycles. The van der Waals surface area contributed by atoms with Crippen molar-refractivity contribution < 1.29 is 4.74 Å². The molecule has 98 valence electrons. The quantitative estimate of drug-likeness (QED) is 0.938. The lowest BCUT2D eigenvalue weighted by molar-refractivity contribution is 0.416. The van der Waals surface area contributed by atoms with Crippen LogP contribution >= 0.6 is 22.9 Å². The van der Waals surface area contributed by atoms with E-state index < -0.39 is 0 Å². The lowest BCUT2D eigenvalue weighted by Gasteiger charge is -2.16. The van der Waals surface area contributed by atoms with Crippen LogP contribution in [0.3, 0.4) is 0 Å². The summed E-state index contributed by atoms with van der Waals surface area (Å²) in [5.74, 6) is 0.817. The van der Waals surface area contributed by atoms with Crippen LogP contribution in [0.15, 0.2) is 17.6 Å². The van der Waals surface area contributed by atoms with E-state index in [9.17, 15) is 0 Å². The van der Waals surface area contributed by atoms with Gasteiger partial charge in [-0.1, -0.05) is 11.6 Å². The molecule has 2 aromatic rings. The van der Waals surface area contributed by atoms with Gasteiger partial charge in [0.1, 0.15) is 5.75 Å². The number of nitrogens with two attached hydrogens (primary N) is 1. The third-order valence-electron chi connectivity index (χ3n) is 2.71. The van der Waals surface area contributed by atoms with E-state index in [1.165, 1.54) is 0 Å². The third-order valence-corrected chi connectivity index (χ3v) is 3.99. The molecule has 0 aliphatic carbocycles. The maximum absolute atomic E-state index is 6.28. The number of methoxy groups -OCH3 is 1. The smallest absolute Gasteiger partial charge is 0.129 e. The fourth-order valence-corrected chi connectivity index (χ4v) is 2.90. The highest BCUT2D eigenvalue weighted by atomic mass is 35.5. The molecule has 4 nitrogen and oxygen atoms in total. The van der Waals surface area contributed by atoms with Gasteiger partial charge in [0.2, 0.25) is 0 Å². The highest BCUT2D eigenvalue weighted by molar-refractivity contribution is 7.10. The van der Waals surface area contributed by atoms with Crippen molar-refractivity contribution in [2.45, 2.75) is 25.9 Å². The molecule has 2 heterocycles. The first-order valence-electron chi connectivity index (χ1n) is 5.65. The van der Waals surface area contributed by atoms with Crippen LogP contribution < -0.4 is 10.5 Å². The number of ether oxygens (including phenoxy) is 1. The van der Waals surface area contributed by atoms with Crippen LogP contribution in [0.5, 0.6) is 5.75 Å². The van der Waals surface area contributed by atoms with Gasteiger partial charge in [0.25, 0.3) is 0 Å². The molecular formula is C12H16ClN3OS. The van der Waals surface area contributed by atoms with Crippen LogP contribution in [-0.2, 0) is 0 Å². The van der Waals surface area contributed by atoms with Gasteiger partial charge in [-0.25, -0.2) is 0 Å². The Labute approximate surface area is 115 Å². The van der Waals surface area contributed by atoms with E-state index in [0.29, 0.717) is 5.02 Å². The SMILES string of the molecule is COc1csc(C(N)c2c(Cl)cnn2C(C)C)c1. The summed E-state index contributed by atoms with van der Waals surface area (Å²) in [5, 5.41) is 6.80. The Bertz CT molecular complexity index is 535. The van der Waals surface area contributed by atoms with E-state index in [-0.39, 0.29) is 12.1 Å². The van der Waals surface area contributed by atoms with Crippen LogP contribution in [0.25, 0.3) is 0 Å². The lowest BCUT2D eigenvalue weighted by Crippen LogP contribution is -2.18. The van der Waals surface area contributed by atoms with Gasteiger partial charge in [-0.3, -0.25) is 4.68 Å². The van der Waals surface area contributed by atoms with Crippen molar-refractivity contribution in [3.05, 3.63) is 33.2 Å². The second-order valence-corrected chi connectivity index (χ2v) is 5.63. The number of hydrogen-bond donors (Lipinski definition) is 1. The summed E-state index contributed by atoms with van der Waals surface area (Å²) < 4.78 is 7.03. The minimum absolute atomic E-state index is 0.223. The summed E-state index contributed by atoms with van der Waals surface area (Å²) in [5.41, 5.74) is 7.12.